The van der Waals surface area contributed by atoms with Gasteiger partial charge in [0.1, 0.15) is 0 Å². The minimum atomic E-state index is -0.384. The van der Waals surface area contributed by atoms with E-state index in [4.69, 9.17) is 6.42 Å². The van der Waals surface area contributed by atoms with E-state index in [1.165, 1.54) is 0 Å². The SMILES string of the molecule is C#CC(C)(C)C(CC)(CO)c1ccc[nH]1. The average molecular weight is 205 g/mol. The van der Waals surface area contributed by atoms with E-state index in [0.29, 0.717) is 0 Å². The Kier molecular flexibility index (Phi) is 3.26. The molecule has 0 aromatic carbocycles. The minimum Gasteiger partial charge on any atom is -0.395 e. The Labute approximate surface area is 91.7 Å². The van der Waals surface area contributed by atoms with Gasteiger partial charge in [0.25, 0.3) is 0 Å². The average Bonchev–Trinajstić information content (AvgIpc) is 2.74. The summed E-state index contributed by atoms with van der Waals surface area (Å²) in [5.74, 6) is 2.79. The fourth-order valence-electron chi connectivity index (χ4n) is 2.13. The highest BCUT2D eigenvalue weighted by molar-refractivity contribution is 5.27. The molecule has 0 spiro atoms. The van der Waals surface area contributed by atoms with Crippen LogP contribution in [0.3, 0.4) is 0 Å². The van der Waals surface area contributed by atoms with Crippen molar-refractivity contribution >= 4 is 0 Å². The van der Waals surface area contributed by atoms with Crippen LogP contribution < -0.4 is 0 Å². The Morgan fingerprint density at radius 1 is 1.53 bits per heavy atom. The topological polar surface area (TPSA) is 36.0 Å². The summed E-state index contributed by atoms with van der Waals surface area (Å²) in [6.07, 6.45) is 8.24. The number of terminal acetylenes is 1. The summed E-state index contributed by atoms with van der Waals surface area (Å²) in [5.41, 5.74) is 0.252. The maximum Gasteiger partial charge on any atom is 0.0556 e. The summed E-state index contributed by atoms with van der Waals surface area (Å²) in [5, 5.41) is 9.70. The Bertz CT molecular complexity index is 339. The van der Waals surface area contributed by atoms with Gasteiger partial charge >= 0.3 is 0 Å². The highest BCUT2D eigenvalue weighted by atomic mass is 16.3. The van der Waals surface area contributed by atoms with E-state index in [1.807, 2.05) is 32.2 Å². The normalized spacial score (nSPS) is 15.7. The van der Waals surface area contributed by atoms with Gasteiger partial charge in [-0.1, -0.05) is 12.8 Å². The van der Waals surface area contributed by atoms with Crippen molar-refractivity contribution in [2.24, 2.45) is 5.41 Å². The van der Waals surface area contributed by atoms with Crippen LogP contribution in [0.4, 0.5) is 0 Å². The molecule has 0 bridgehead atoms. The van der Waals surface area contributed by atoms with Crippen molar-refractivity contribution in [2.45, 2.75) is 32.6 Å². The van der Waals surface area contributed by atoms with Gasteiger partial charge in [0.05, 0.1) is 6.61 Å². The van der Waals surface area contributed by atoms with E-state index in [9.17, 15) is 5.11 Å². The highest BCUT2D eigenvalue weighted by Gasteiger charge is 2.44. The van der Waals surface area contributed by atoms with Gasteiger partial charge in [-0.3, -0.25) is 0 Å². The van der Waals surface area contributed by atoms with Crippen LogP contribution in [0.1, 0.15) is 32.9 Å². The second kappa shape index (κ2) is 4.12. The van der Waals surface area contributed by atoms with Crippen LogP contribution in [0.5, 0.6) is 0 Å². The highest BCUT2D eigenvalue weighted by Crippen LogP contribution is 2.43. The molecule has 0 aliphatic heterocycles. The fourth-order valence-corrected chi connectivity index (χ4v) is 2.13. The van der Waals surface area contributed by atoms with Crippen LogP contribution >= 0.6 is 0 Å². The molecule has 1 aromatic heterocycles. The van der Waals surface area contributed by atoms with Crippen molar-refractivity contribution in [3.05, 3.63) is 24.0 Å². The lowest BCUT2D eigenvalue weighted by Crippen LogP contribution is -2.44. The maximum absolute atomic E-state index is 9.70. The number of aromatic nitrogens is 1. The molecule has 0 fully saturated rings. The number of aliphatic hydroxyl groups excluding tert-OH is 1. The smallest absolute Gasteiger partial charge is 0.0556 e. The second-order valence-electron chi connectivity index (χ2n) is 4.45. The molecule has 0 saturated carbocycles. The molecule has 15 heavy (non-hydrogen) atoms. The molecular formula is C13H19NO. The minimum absolute atomic E-state index is 0.0568. The summed E-state index contributed by atoms with van der Waals surface area (Å²) in [4.78, 5) is 3.16. The zero-order chi connectivity index (χ0) is 11.5. The number of aromatic amines is 1. The van der Waals surface area contributed by atoms with Crippen molar-refractivity contribution in [2.75, 3.05) is 6.61 Å². The molecule has 0 saturated heterocycles. The third-order valence-electron chi connectivity index (χ3n) is 3.54. The number of aliphatic hydroxyl groups is 1. The molecule has 0 aliphatic rings. The van der Waals surface area contributed by atoms with E-state index in [0.717, 1.165) is 12.1 Å². The maximum atomic E-state index is 9.70. The van der Waals surface area contributed by atoms with Crippen LogP contribution in [0.15, 0.2) is 18.3 Å². The molecule has 1 unspecified atom stereocenters. The van der Waals surface area contributed by atoms with Gasteiger partial charge in [-0.25, -0.2) is 0 Å². The van der Waals surface area contributed by atoms with Crippen LogP contribution in [-0.4, -0.2) is 16.7 Å². The number of H-pyrrole nitrogens is 1. The third kappa shape index (κ3) is 1.68. The molecule has 2 nitrogen and oxygen atoms in total. The first-order valence-electron chi connectivity index (χ1n) is 5.26. The summed E-state index contributed by atoms with van der Waals surface area (Å²) >= 11 is 0. The standard InChI is InChI=1S/C13H19NO/c1-5-12(3,4)13(6-2,10-15)11-8-7-9-14-11/h1,7-9,14-15H,6,10H2,2-4H3. The first-order chi connectivity index (χ1) is 7.04. The van der Waals surface area contributed by atoms with Gasteiger partial charge in [-0.15, -0.1) is 6.42 Å². The number of hydrogen-bond donors (Lipinski definition) is 2. The van der Waals surface area contributed by atoms with E-state index in [-0.39, 0.29) is 17.4 Å². The quantitative estimate of drug-likeness (QED) is 0.727. The number of hydrogen-bond acceptors (Lipinski definition) is 1. The molecule has 0 amide bonds. The molecule has 1 atom stereocenters. The molecule has 1 heterocycles. The Balaban J connectivity index is 3.28. The van der Waals surface area contributed by atoms with Gasteiger partial charge in [0.2, 0.25) is 0 Å². The largest absolute Gasteiger partial charge is 0.395 e. The molecule has 1 rings (SSSR count). The van der Waals surface area contributed by atoms with Crippen LogP contribution in [-0.2, 0) is 5.41 Å². The molecule has 2 N–H and O–H groups in total. The molecule has 1 aromatic rings. The summed E-state index contributed by atoms with van der Waals surface area (Å²) < 4.78 is 0. The molecule has 2 heteroatoms. The van der Waals surface area contributed by atoms with Crippen molar-refractivity contribution in [3.8, 4) is 12.3 Å². The van der Waals surface area contributed by atoms with E-state index in [1.54, 1.807) is 0 Å². The van der Waals surface area contributed by atoms with Crippen molar-refractivity contribution in [1.29, 1.82) is 0 Å². The van der Waals surface area contributed by atoms with Gasteiger partial charge < -0.3 is 10.1 Å². The molecule has 0 aliphatic carbocycles. The van der Waals surface area contributed by atoms with E-state index < -0.39 is 0 Å². The monoisotopic (exact) mass is 205 g/mol. The Hall–Kier alpha value is -1.20. The Morgan fingerprint density at radius 3 is 2.53 bits per heavy atom. The first kappa shape index (κ1) is 11.9. The van der Waals surface area contributed by atoms with Crippen molar-refractivity contribution in [1.82, 2.24) is 4.98 Å². The molecule has 0 radical (unpaired) electrons. The lowest BCUT2D eigenvalue weighted by atomic mass is 9.63. The van der Waals surface area contributed by atoms with Crippen LogP contribution in [0.2, 0.25) is 0 Å². The van der Waals surface area contributed by atoms with Crippen molar-refractivity contribution in [3.63, 3.8) is 0 Å². The lowest BCUT2D eigenvalue weighted by Gasteiger charge is -2.41. The number of nitrogens with one attached hydrogen (secondary N) is 1. The Morgan fingerprint density at radius 2 is 2.20 bits per heavy atom. The summed E-state index contributed by atoms with van der Waals surface area (Å²) in [6.45, 7) is 6.10. The van der Waals surface area contributed by atoms with Gasteiger partial charge in [-0.05, 0) is 32.4 Å². The van der Waals surface area contributed by atoms with Crippen LogP contribution in [0, 0.1) is 17.8 Å². The van der Waals surface area contributed by atoms with E-state index in [2.05, 4.69) is 17.8 Å². The fraction of sp³-hybridized carbons (Fsp3) is 0.538. The third-order valence-corrected chi connectivity index (χ3v) is 3.54. The molecule has 82 valence electrons. The predicted molar refractivity (Wildman–Crippen MR) is 62.5 cm³/mol. The van der Waals surface area contributed by atoms with Gasteiger partial charge in [0.15, 0.2) is 0 Å². The van der Waals surface area contributed by atoms with Crippen molar-refractivity contribution < 1.29 is 5.11 Å². The van der Waals surface area contributed by atoms with Gasteiger partial charge in [0, 0.05) is 22.7 Å². The first-order valence-corrected chi connectivity index (χ1v) is 5.26. The number of rotatable bonds is 4. The summed E-state index contributed by atoms with van der Waals surface area (Å²) in [6, 6.07) is 3.92. The summed E-state index contributed by atoms with van der Waals surface area (Å²) in [7, 11) is 0. The van der Waals surface area contributed by atoms with Gasteiger partial charge in [-0.2, -0.15) is 0 Å². The zero-order valence-corrected chi connectivity index (χ0v) is 9.67. The molecular weight excluding hydrogens is 186 g/mol. The zero-order valence-electron chi connectivity index (χ0n) is 9.67. The second-order valence-corrected chi connectivity index (χ2v) is 4.45. The predicted octanol–water partition coefficient (Wildman–Crippen LogP) is 2.31. The van der Waals surface area contributed by atoms with E-state index >= 15 is 0 Å². The lowest BCUT2D eigenvalue weighted by molar-refractivity contribution is 0.106. The van der Waals surface area contributed by atoms with Crippen LogP contribution in [0.25, 0.3) is 0 Å².